The van der Waals surface area contributed by atoms with Crippen LogP contribution in [0.1, 0.15) is 37.7 Å². The Labute approximate surface area is 149 Å². The highest BCUT2D eigenvalue weighted by Gasteiger charge is 2.30. The molecular weight excluding hydrogens is 319 g/mol. The Morgan fingerprint density at radius 2 is 2.12 bits per heavy atom. The number of methoxy groups -OCH3 is 1. The van der Waals surface area contributed by atoms with Crippen LogP contribution in [0, 0.1) is 5.82 Å². The lowest BCUT2D eigenvalue weighted by atomic mass is 10.2. The maximum Gasteiger partial charge on any atom is 0.191 e. The molecule has 0 radical (unpaired) electrons. The number of likely N-dealkylation sites (tertiary alicyclic amines) is 1. The fourth-order valence-electron chi connectivity index (χ4n) is 3.90. The van der Waals surface area contributed by atoms with Crippen molar-refractivity contribution in [2.24, 2.45) is 4.99 Å². The third kappa shape index (κ3) is 4.63. The van der Waals surface area contributed by atoms with Crippen LogP contribution < -0.4 is 15.4 Å². The second-order valence-electron chi connectivity index (χ2n) is 6.96. The molecule has 0 spiro atoms. The predicted octanol–water partition coefficient (Wildman–Crippen LogP) is 2.52. The summed E-state index contributed by atoms with van der Waals surface area (Å²) in [6, 6.07) is 6.22. The molecular formula is C19H29FN4O. The number of aliphatic imine (C=N–C) groups is 1. The standard InChI is InChI=1S/C19H29FN4O/c1-21-19(22-12-14-7-8-18(25-2)17(20)11-14)23-15-9-10-24(13-15)16-5-3-4-6-16/h7-8,11,15-16H,3-6,9-10,12-13H2,1-2H3,(H2,21,22,23). The molecule has 2 N–H and O–H groups in total. The van der Waals surface area contributed by atoms with E-state index < -0.39 is 0 Å². The molecule has 0 amide bonds. The zero-order valence-corrected chi connectivity index (χ0v) is 15.2. The van der Waals surface area contributed by atoms with Crippen LogP contribution in [0.2, 0.25) is 0 Å². The molecule has 0 bridgehead atoms. The van der Waals surface area contributed by atoms with E-state index in [-0.39, 0.29) is 11.6 Å². The molecule has 6 heteroatoms. The number of guanidine groups is 1. The van der Waals surface area contributed by atoms with Gasteiger partial charge in [-0.05, 0) is 37.0 Å². The van der Waals surface area contributed by atoms with Crippen LogP contribution in [-0.2, 0) is 6.54 Å². The zero-order chi connectivity index (χ0) is 17.6. The van der Waals surface area contributed by atoms with E-state index in [9.17, 15) is 4.39 Å². The van der Waals surface area contributed by atoms with Crippen molar-refractivity contribution in [2.45, 2.75) is 50.7 Å². The molecule has 1 saturated carbocycles. The lowest BCUT2D eigenvalue weighted by Gasteiger charge is -2.24. The van der Waals surface area contributed by atoms with E-state index >= 15 is 0 Å². The second-order valence-corrected chi connectivity index (χ2v) is 6.96. The van der Waals surface area contributed by atoms with Gasteiger partial charge in [0, 0.05) is 38.8 Å². The number of ether oxygens (including phenoxy) is 1. The largest absolute Gasteiger partial charge is 0.494 e. The Balaban J connectivity index is 1.47. The number of hydrogen-bond acceptors (Lipinski definition) is 3. The van der Waals surface area contributed by atoms with E-state index in [1.807, 2.05) is 6.07 Å². The average molecular weight is 348 g/mol. The second kappa shape index (κ2) is 8.52. The minimum atomic E-state index is -0.340. The normalized spacial score (nSPS) is 22.4. The highest BCUT2D eigenvalue weighted by atomic mass is 19.1. The van der Waals surface area contributed by atoms with Crippen LogP contribution in [0.3, 0.4) is 0 Å². The van der Waals surface area contributed by atoms with Crippen molar-refractivity contribution in [2.75, 3.05) is 27.2 Å². The molecule has 138 valence electrons. The molecule has 2 aliphatic rings. The van der Waals surface area contributed by atoms with Crippen molar-refractivity contribution >= 4 is 5.96 Å². The summed E-state index contributed by atoms with van der Waals surface area (Å²) in [4.78, 5) is 6.92. The van der Waals surface area contributed by atoms with Crippen LogP contribution in [0.15, 0.2) is 23.2 Å². The third-order valence-corrected chi connectivity index (χ3v) is 5.30. The van der Waals surface area contributed by atoms with Gasteiger partial charge >= 0.3 is 0 Å². The number of benzene rings is 1. The van der Waals surface area contributed by atoms with Gasteiger partial charge in [-0.15, -0.1) is 0 Å². The summed E-state index contributed by atoms with van der Waals surface area (Å²) in [5, 5.41) is 6.78. The number of hydrogen-bond donors (Lipinski definition) is 2. The summed E-state index contributed by atoms with van der Waals surface area (Å²) in [5.74, 6) is 0.700. The van der Waals surface area contributed by atoms with Gasteiger partial charge < -0.3 is 15.4 Å². The van der Waals surface area contributed by atoms with Crippen LogP contribution in [-0.4, -0.2) is 50.2 Å². The molecule has 1 unspecified atom stereocenters. The summed E-state index contributed by atoms with van der Waals surface area (Å²) < 4.78 is 18.7. The Bertz CT molecular complexity index is 601. The van der Waals surface area contributed by atoms with E-state index in [1.165, 1.54) is 45.4 Å². The first-order chi connectivity index (χ1) is 12.2. The lowest BCUT2D eigenvalue weighted by molar-refractivity contribution is 0.242. The summed E-state index contributed by atoms with van der Waals surface area (Å²) in [7, 11) is 3.24. The Hall–Kier alpha value is -1.82. The molecule has 1 saturated heterocycles. The van der Waals surface area contributed by atoms with E-state index in [0.29, 0.717) is 12.6 Å². The van der Waals surface area contributed by atoms with Gasteiger partial charge in [0.25, 0.3) is 0 Å². The van der Waals surface area contributed by atoms with Crippen molar-refractivity contribution in [3.05, 3.63) is 29.6 Å². The van der Waals surface area contributed by atoms with E-state index in [4.69, 9.17) is 4.74 Å². The van der Waals surface area contributed by atoms with Crippen molar-refractivity contribution in [1.82, 2.24) is 15.5 Å². The van der Waals surface area contributed by atoms with Gasteiger partial charge in [-0.1, -0.05) is 18.9 Å². The molecule has 2 fully saturated rings. The Kier molecular flexibility index (Phi) is 6.13. The Morgan fingerprint density at radius 1 is 1.32 bits per heavy atom. The molecule has 1 aromatic rings. The molecule has 1 atom stereocenters. The van der Waals surface area contributed by atoms with Crippen molar-refractivity contribution in [3.8, 4) is 5.75 Å². The molecule has 1 aliphatic carbocycles. The molecule has 1 aliphatic heterocycles. The van der Waals surface area contributed by atoms with Gasteiger partial charge in [0.2, 0.25) is 0 Å². The highest BCUT2D eigenvalue weighted by molar-refractivity contribution is 5.80. The maximum absolute atomic E-state index is 13.8. The van der Waals surface area contributed by atoms with E-state index in [0.717, 1.165) is 30.5 Å². The van der Waals surface area contributed by atoms with Gasteiger partial charge in [-0.2, -0.15) is 0 Å². The van der Waals surface area contributed by atoms with Crippen molar-refractivity contribution < 1.29 is 9.13 Å². The average Bonchev–Trinajstić information content (AvgIpc) is 3.30. The highest BCUT2D eigenvalue weighted by Crippen LogP contribution is 2.26. The maximum atomic E-state index is 13.8. The fraction of sp³-hybridized carbons (Fsp3) is 0.632. The van der Waals surface area contributed by atoms with Crippen molar-refractivity contribution in [3.63, 3.8) is 0 Å². The Morgan fingerprint density at radius 3 is 2.80 bits per heavy atom. The smallest absolute Gasteiger partial charge is 0.191 e. The zero-order valence-electron chi connectivity index (χ0n) is 15.2. The number of nitrogens with one attached hydrogen (secondary N) is 2. The summed E-state index contributed by atoms with van der Waals surface area (Å²) >= 11 is 0. The molecule has 1 heterocycles. The molecule has 5 nitrogen and oxygen atoms in total. The first-order valence-corrected chi connectivity index (χ1v) is 9.23. The molecule has 1 aromatic carbocycles. The van der Waals surface area contributed by atoms with Gasteiger partial charge in [0.05, 0.1) is 7.11 Å². The first-order valence-electron chi connectivity index (χ1n) is 9.23. The van der Waals surface area contributed by atoms with Crippen LogP contribution in [0.4, 0.5) is 4.39 Å². The summed E-state index contributed by atoms with van der Waals surface area (Å²) in [6.45, 7) is 2.78. The number of halogens is 1. The van der Waals surface area contributed by atoms with Gasteiger partial charge in [-0.3, -0.25) is 9.89 Å². The molecule has 0 aromatic heterocycles. The third-order valence-electron chi connectivity index (χ3n) is 5.30. The lowest BCUT2D eigenvalue weighted by Crippen LogP contribution is -2.45. The van der Waals surface area contributed by atoms with Crippen LogP contribution >= 0.6 is 0 Å². The summed E-state index contributed by atoms with van der Waals surface area (Å²) in [5.41, 5.74) is 0.861. The minimum absolute atomic E-state index is 0.268. The number of nitrogens with zero attached hydrogens (tertiary/aromatic N) is 2. The first kappa shape index (κ1) is 18.0. The van der Waals surface area contributed by atoms with Crippen LogP contribution in [0.5, 0.6) is 5.75 Å². The SMILES string of the molecule is CN=C(NCc1ccc(OC)c(F)c1)NC1CCN(C2CCCC2)C1. The topological polar surface area (TPSA) is 48.9 Å². The molecule has 3 rings (SSSR count). The van der Waals surface area contributed by atoms with E-state index in [2.05, 4.69) is 20.5 Å². The van der Waals surface area contributed by atoms with Crippen LogP contribution in [0.25, 0.3) is 0 Å². The van der Waals surface area contributed by atoms with E-state index in [1.54, 1.807) is 13.1 Å². The predicted molar refractivity (Wildman–Crippen MR) is 98.5 cm³/mol. The van der Waals surface area contributed by atoms with Gasteiger partial charge in [0.15, 0.2) is 17.5 Å². The minimum Gasteiger partial charge on any atom is -0.494 e. The van der Waals surface area contributed by atoms with Gasteiger partial charge in [-0.25, -0.2) is 4.39 Å². The monoisotopic (exact) mass is 348 g/mol. The fourth-order valence-corrected chi connectivity index (χ4v) is 3.90. The van der Waals surface area contributed by atoms with Crippen molar-refractivity contribution in [1.29, 1.82) is 0 Å². The summed E-state index contributed by atoms with van der Waals surface area (Å²) in [6.07, 6.45) is 6.60. The van der Waals surface area contributed by atoms with Gasteiger partial charge in [0.1, 0.15) is 0 Å². The quantitative estimate of drug-likeness (QED) is 0.634. The number of rotatable bonds is 5. The molecule has 25 heavy (non-hydrogen) atoms.